The molecule has 1 aliphatic rings. The van der Waals surface area contributed by atoms with Crippen LogP contribution in [0.4, 0.5) is 0 Å². The fourth-order valence-corrected chi connectivity index (χ4v) is 2.81. The van der Waals surface area contributed by atoms with Gasteiger partial charge in [-0.1, -0.05) is 25.2 Å². The van der Waals surface area contributed by atoms with E-state index >= 15 is 0 Å². The van der Waals surface area contributed by atoms with Crippen molar-refractivity contribution in [2.24, 2.45) is 5.41 Å². The van der Waals surface area contributed by atoms with Gasteiger partial charge in [0, 0.05) is 0 Å². The summed E-state index contributed by atoms with van der Waals surface area (Å²) in [6, 6.07) is 0. The summed E-state index contributed by atoms with van der Waals surface area (Å²) in [5, 5.41) is 8.57. The summed E-state index contributed by atoms with van der Waals surface area (Å²) >= 11 is 7.10. The zero-order chi connectivity index (χ0) is 11.6. The van der Waals surface area contributed by atoms with Gasteiger partial charge in [0.05, 0.1) is 6.10 Å². The molecule has 1 aromatic heterocycles. The lowest BCUT2D eigenvalue weighted by atomic mass is 9.76. The number of ether oxygens (including phenoxy) is 1. The highest BCUT2D eigenvalue weighted by Gasteiger charge is 2.27. The standard InChI is InChI=1S/C11H17ClN2OS/c1-11(2)5-3-8(4-6-11)15-7-9-13-14-10(12)16-9/h8H,3-7H2,1-2H3. The molecule has 16 heavy (non-hydrogen) atoms. The van der Waals surface area contributed by atoms with Crippen LogP contribution in [0.25, 0.3) is 0 Å². The monoisotopic (exact) mass is 260 g/mol. The summed E-state index contributed by atoms with van der Waals surface area (Å²) in [7, 11) is 0. The Hall–Kier alpha value is -0.190. The first-order valence-electron chi connectivity index (χ1n) is 5.65. The molecule has 0 atom stereocenters. The van der Waals surface area contributed by atoms with Gasteiger partial charge in [-0.15, -0.1) is 10.2 Å². The lowest BCUT2D eigenvalue weighted by Gasteiger charge is -2.33. The molecule has 1 fully saturated rings. The maximum atomic E-state index is 5.82. The van der Waals surface area contributed by atoms with Gasteiger partial charge in [-0.25, -0.2) is 0 Å². The van der Waals surface area contributed by atoms with Crippen LogP contribution in [0.3, 0.4) is 0 Å². The minimum absolute atomic E-state index is 0.385. The van der Waals surface area contributed by atoms with E-state index in [-0.39, 0.29) is 0 Å². The Morgan fingerprint density at radius 1 is 1.38 bits per heavy atom. The smallest absolute Gasteiger partial charge is 0.207 e. The third kappa shape index (κ3) is 3.40. The first kappa shape index (κ1) is 12.3. The molecule has 5 heteroatoms. The first-order valence-corrected chi connectivity index (χ1v) is 6.84. The van der Waals surface area contributed by atoms with E-state index < -0.39 is 0 Å². The summed E-state index contributed by atoms with van der Waals surface area (Å²) in [6.07, 6.45) is 5.18. The van der Waals surface area contributed by atoms with Crippen LogP contribution in [0.5, 0.6) is 0 Å². The van der Waals surface area contributed by atoms with Crippen molar-refractivity contribution in [2.75, 3.05) is 0 Å². The summed E-state index contributed by atoms with van der Waals surface area (Å²) < 4.78 is 6.31. The van der Waals surface area contributed by atoms with E-state index in [9.17, 15) is 0 Å². The Morgan fingerprint density at radius 3 is 2.62 bits per heavy atom. The van der Waals surface area contributed by atoms with Gasteiger partial charge in [0.2, 0.25) is 4.47 Å². The molecule has 1 aromatic rings. The summed E-state index contributed by atoms with van der Waals surface area (Å²) in [5.74, 6) is 0. The Labute approximate surface area is 105 Å². The number of nitrogens with zero attached hydrogens (tertiary/aromatic N) is 2. The first-order chi connectivity index (χ1) is 7.55. The molecule has 90 valence electrons. The van der Waals surface area contributed by atoms with Gasteiger partial charge in [-0.3, -0.25) is 0 Å². The molecule has 3 nitrogen and oxygen atoms in total. The van der Waals surface area contributed by atoms with Gasteiger partial charge in [-0.05, 0) is 42.7 Å². The van der Waals surface area contributed by atoms with Crippen LogP contribution < -0.4 is 0 Å². The zero-order valence-electron chi connectivity index (χ0n) is 9.70. The van der Waals surface area contributed by atoms with E-state index in [4.69, 9.17) is 16.3 Å². The van der Waals surface area contributed by atoms with E-state index in [1.807, 2.05) is 0 Å². The SMILES string of the molecule is CC1(C)CCC(OCc2nnc(Cl)s2)CC1. The number of hydrogen-bond acceptors (Lipinski definition) is 4. The molecule has 2 rings (SSSR count). The Bertz CT molecular complexity index is 344. The van der Waals surface area contributed by atoms with Crippen molar-refractivity contribution in [3.63, 3.8) is 0 Å². The topological polar surface area (TPSA) is 35.0 Å². The molecule has 0 saturated heterocycles. The number of rotatable bonds is 3. The third-order valence-electron chi connectivity index (χ3n) is 3.17. The van der Waals surface area contributed by atoms with Crippen LogP contribution >= 0.6 is 22.9 Å². The van der Waals surface area contributed by atoms with Gasteiger partial charge < -0.3 is 4.74 Å². The lowest BCUT2D eigenvalue weighted by molar-refractivity contribution is -0.00582. The lowest BCUT2D eigenvalue weighted by Crippen LogP contribution is -2.26. The largest absolute Gasteiger partial charge is 0.371 e. The van der Waals surface area contributed by atoms with Crippen molar-refractivity contribution in [3.8, 4) is 0 Å². The zero-order valence-corrected chi connectivity index (χ0v) is 11.3. The molecule has 0 bridgehead atoms. The van der Waals surface area contributed by atoms with Crippen molar-refractivity contribution < 1.29 is 4.74 Å². The number of halogens is 1. The predicted molar refractivity (Wildman–Crippen MR) is 65.7 cm³/mol. The molecular weight excluding hydrogens is 244 g/mol. The van der Waals surface area contributed by atoms with E-state index in [2.05, 4.69) is 24.0 Å². The highest BCUT2D eigenvalue weighted by Crippen LogP contribution is 2.36. The van der Waals surface area contributed by atoms with Crippen molar-refractivity contribution >= 4 is 22.9 Å². The molecule has 0 aromatic carbocycles. The molecule has 1 saturated carbocycles. The van der Waals surface area contributed by atoms with Crippen molar-refractivity contribution in [3.05, 3.63) is 9.47 Å². The van der Waals surface area contributed by atoms with Crippen molar-refractivity contribution in [2.45, 2.75) is 52.2 Å². The third-order valence-corrected chi connectivity index (χ3v) is 4.16. The quantitative estimate of drug-likeness (QED) is 0.832. The van der Waals surface area contributed by atoms with Crippen LogP contribution in [-0.4, -0.2) is 16.3 Å². The summed E-state index contributed by atoms with van der Waals surface area (Å²) in [5.41, 5.74) is 0.492. The van der Waals surface area contributed by atoms with Gasteiger partial charge in [0.1, 0.15) is 11.6 Å². The van der Waals surface area contributed by atoms with Gasteiger partial charge >= 0.3 is 0 Å². The van der Waals surface area contributed by atoms with E-state index in [1.54, 1.807) is 0 Å². The normalized spacial score (nSPS) is 21.2. The van der Waals surface area contributed by atoms with Crippen molar-refractivity contribution in [1.82, 2.24) is 10.2 Å². The second-order valence-electron chi connectivity index (χ2n) is 5.12. The van der Waals surface area contributed by atoms with E-state index in [0.717, 1.165) is 17.8 Å². The highest BCUT2D eigenvalue weighted by molar-refractivity contribution is 7.15. The molecule has 0 spiro atoms. The Morgan fingerprint density at radius 2 is 2.06 bits per heavy atom. The molecular formula is C11H17ClN2OS. The van der Waals surface area contributed by atoms with Crippen LogP contribution in [0.1, 0.15) is 44.5 Å². The Kier molecular flexibility index (Phi) is 3.82. The average Bonchev–Trinajstić information content (AvgIpc) is 2.63. The molecule has 1 heterocycles. The van der Waals surface area contributed by atoms with Crippen LogP contribution in [0.15, 0.2) is 0 Å². The second-order valence-corrected chi connectivity index (χ2v) is 6.77. The molecule has 0 N–H and O–H groups in total. The van der Waals surface area contributed by atoms with Crippen LogP contribution in [0.2, 0.25) is 4.47 Å². The maximum absolute atomic E-state index is 5.82. The van der Waals surface area contributed by atoms with Crippen LogP contribution in [-0.2, 0) is 11.3 Å². The summed E-state index contributed by atoms with van der Waals surface area (Å²) in [4.78, 5) is 0. The molecule has 0 radical (unpaired) electrons. The maximum Gasteiger partial charge on any atom is 0.207 e. The van der Waals surface area contributed by atoms with E-state index in [0.29, 0.717) is 22.6 Å². The average molecular weight is 261 g/mol. The molecule has 0 amide bonds. The Balaban J connectivity index is 1.75. The van der Waals surface area contributed by atoms with Crippen LogP contribution in [0, 0.1) is 5.41 Å². The second kappa shape index (κ2) is 4.98. The number of hydrogen-bond donors (Lipinski definition) is 0. The fourth-order valence-electron chi connectivity index (χ4n) is 2.02. The predicted octanol–water partition coefficient (Wildman–Crippen LogP) is 3.68. The highest BCUT2D eigenvalue weighted by atomic mass is 35.5. The van der Waals surface area contributed by atoms with Crippen molar-refractivity contribution in [1.29, 1.82) is 0 Å². The minimum atomic E-state index is 0.385. The minimum Gasteiger partial charge on any atom is -0.371 e. The van der Waals surface area contributed by atoms with E-state index in [1.165, 1.54) is 24.2 Å². The molecule has 0 aliphatic heterocycles. The van der Waals surface area contributed by atoms with Gasteiger partial charge in [0.25, 0.3) is 0 Å². The fraction of sp³-hybridized carbons (Fsp3) is 0.818. The molecule has 0 unspecified atom stereocenters. The van der Waals surface area contributed by atoms with Gasteiger partial charge in [-0.2, -0.15) is 0 Å². The van der Waals surface area contributed by atoms with Gasteiger partial charge in [0.15, 0.2) is 0 Å². The molecule has 1 aliphatic carbocycles. The number of aromatic nitrogens is 2. The summed E-state index contributed by atoms with van der Waals surface area (Å²) in [6.45, 7) is 5.21.